The third kappa shape index (κ3) is 2.39. The third-order valence-electron chi connectivity index (χ3n) is 2.54. The Balaban J connectivity index is 1.66. The predicted octanol–water partition coefficient (Wildman–Crippen LogP) is -0.422. The molecule has 0 saturated carbocycles. The number of amides is 1. The minimum absolute atomic E-state index is 0.189. The van der Waals surface area contributed by atoms with E-state index in [9.17, 15) is 4.79 Å². The van der Waals surface area contributed by atoms with E-state index in [1.807, 2.05) is 24.3 Å². The molecule has 0 radical (unpaired) electrons. The molecular weight excluding hydrogens is 248 g/mol. The van der Waals surface area contributed by atoms with Gasteiger partial charge in [0.05, 0.1) is 6.54 Å². The Morgan fingerprint density at radius 3 is 3.00 bits per heavy atom. The van der Waals surface area contributed by atoms with Crippen molar-refractivity contribution in [3.05, 3.63) is 30.6 Å². The number of carbonyl (C=O) groups is 1. The van der Waals surface area contributed by atoms with E-state index >= 15 is 0 Å². The number of rotatable bonds is 4. The van der Waals surface area contributed by atoms with Gasteiger partial charge in [-0.2, -0.15) is 4.79 Å². The molecule has 3 rings (SSSR count). The molecule has 0 fully saturated rings. The number of nitrogens with zero attached hydrogens (tertiary/aromatic N) is 7. The van der Waals surface area contributed by atoms with E-state index in [0.29, 0.717) is 6.54 Å². The lowest BCUT2D eigenvalue weighted by atomic mass is 10.3. The molecule has 9 nitrogen and oxygen atoms in total. The van der Waals surface area contributed by atoms with Gasteiger partial charge in [0.25, 0.3) is 0 Å². The first-order chi connectivity index (χ1) is 9.33. The molecule has 0 atom stereocenters. The molecule has 1 aromatic carbocycles. The number of carbonyl (C=O) groups excluding carboxylic acids is 1. The van der Waals surface area contributed by atoms with Gasteiger partial charge in [0.1, 0.15) is 17.4 Å². The van der Waals surface area contributed by atoms with Crippen molar-refractivity contribution in [2.45, 2.75) is 13.0 Å². The zero-order chi connectivity index (χ0) is 13.1. The molecule has 1 N–H and O–H groups in total. The second-order valence-corrected chi connectivity index (χ2v) is 3.85. The molecule has 3 aromatic rings. The fourth-order valence-corrected chi connectivity index (χ4v) is 1.62. The Morgan fingerprint density at radius 1 is 1.26 bits per heavy atom. The summed E-state index contributed by atoms with van der Waals surface area (Å²) in [4.78, 5) is 13.1. The largest absolute Gasteiger partial charge is 0.273 e. The monoisotopic (exact) mass is 258 g/mol. The number of hydrogen-bond donors (Lipinski definition) is 1. The van der Waals surface area contributed by atoms with Gasteiger partial charge in [-0.25, -0.2) is 10.1 Å². The van der Waals surface area contributed by atoms with E-state index in [0.717, 1.165) is 11.0 Å². The molecule has 2 aromatic heterocycles. The third-order valence-corrected chi connectivity index (χ3v) is 2.54. The van der Waals surface area contributed by atoms with Gasteiger partial charge in [0.2, 0.25) is 5.91 Å². The minimum atomic E-state index is -0.189. The molecule has 2 heterocycles. The zero-order valence-corrected chi connectivity index (χ0v) is 9.84. The molecule has 0 unspecified atom stereocenters. The second-order valence-electron chi connectivity index (χ2n) is 3.85. The molecule has 0 aliphatic carbocycles. The number of nitrogens with one attached hydrogen (secondary N) is 1. The molecule has 0 aliphatic rings. The van der Waals surface area contributed by atoms with Gasteiger partial charge in [0, 0.05) is 6.42 Å². The molecule has 1 amide bonds. The second kappa shape index (κ2) is 4.80. The van der Waals surface area contributed by atoms with E-state index in [2.05, 4.69) is 31.3 Å². The minimum Gasteiger partial charge on any atom is -0.273 e. The van der Waals surface area contributed by atoms with Crippen LogP contribution in [0.15, 0.2) is 30.6 Å². The number of tetrazole rings is 1. The Bertz CT molecular complexity index is 688. The molecule has 19 heavy (non-hydrogen) atoms. The van der Waals surface area contributed by atoms with Crippen LogP contribution in [-0.2, 0) is 11.3 Å². The summed E-state index contributed by atoms with van der Waals surface area (Å²) in [6.07, 6.45) is 1.71. The standard InChI is InChI=1S/C10H10N8O/c19-10(5-6-17-7-11-14-16-17)13-18-9-4-2-1-3-8(9)12-15-18/h1-4,7H,5-6H2,(H,13,19). The number of aromatic nitrogens is 7. The van der Waals surface area contributed by atoms with E-state index in [4.69, 9.17) is 0 Å². The first-order valence-corrected chi connectivity index (χ1v) is 5.64. The molecule has 9 heteroatoms. The van der Waals surface area contributed by atoms with Gasteiger partial charge < -0.3 is 0 Å². The Labute approximate surface area is 107 Å². The Hall–Kier alpha value is -2.84. The summed E-state index contributed by atoms with van der Waals surface area (Å²) in [6, 6.07) is 7.37. The van der Waals surface area contributed by atoms with Gasteiger partial charge in [-0.1, -0.05) is 12.1 Å². The summed E-state index contributed by atoms with van der Waals surface area (Å²) in [5, 5.41) is 18.5. The smallest absolute Gasteiger partial charge is 0.241 e. The fraction of sp³-hybridized carbons (Fsp3) is 0.200. The number of para-hydroxylation sites is 1. The Kier molecular flexibility index (Phi) is 2.85. The highest BCUT2D eigenvalue weighted by molar-refractivity contribution is 5.85. The summed E-state index contributed by atoms with van der Waals surface area (Å²) in [5.74, 6) is -0.189. The van der Waals surface area contributed by atoms with Crippen LogP contribution >= 0.6 is 0 Å². The van der Waals surface area contributed by atoms with E-state index < -0.39 is 0 Å². The zero-order valence-electron chi connectivity index (χ0n) is 9.84. The predicted molar refractivity (Wildman–Crippen MR) is 64.3 cm³/mol. The van der Waals surface area contributed by atoms with Crippen LogP contribution in [0.1, 0.15) is 6.42 Å². The highest BCUT2D eigenvalue weighted by Gasteiger charge is 2.07. The van der Waals surface area contributed by atoms with E-state index in [1.165, 1.54) is 15.8 Å². The maximum atomic E-state index is 11.8. The Morgan fingerprint density at radius 2 is 2.16 bits per heavy atom. The summed E-state index contributed by atoms with van der Waals surface area (Å²) >= 11 is 0. The fourth-order valence-electron chi connectivity index (χ4n) is 1.62. The van der Waals surface area contributed by atoms with Crippen molar-refractivity contribution < 1.29 is 4.79 Å². The van der Waals surface area contributed by atoms with Gasteiger partial charge in [-0.15, -0.1) is 10.2 Å². The van der Waals surface area contributed by atoms with Crippen LogP contribution in [0.5, 0.6) is 0 Å². The molecule has 0 aliphatic heterocycles. The van der Waals surface area contributed by atoms with E-state index in [-0.39, 0.29) is 12.3 Å². The number of hydrogen-bond acceptors (Lipinski definition) is 6. The highest BCUT2D eigenvalue weighted by atomic mass is 16.2. The van der Waals surface area contributed by atoms with E-state index in [1.54, 1.807) is 0 Å². The van der Waals surface area contributed by atoms with Crippen molar-refractivity contribution in [3.8, 4) is 0 Å². The van der Waals surface area contributed by atoms with Gasteiger partial charge in [-0.05, 0) is 27.8 Å². The topological polar surface area (TPSA) is 103 Å². The molecule has 0 spiro atoms. The lowest BCUT2D eigenvalue weighted by Crippen LogP contribution is -2.25. The van der Waals surface area contributed by atoms with Crippen LogP contribution < -0.4 is 5.43 Å². The maximum absolute atomic E-state index is 11.8. The van der Waals surface area contributed by atoms with Crippen molar-refractivity contribution in [1.82, 2.24) is 35.3 Å². The summed E-state index contributed by atoms with van der Waals surface area (Å²) < 4.78 is 1.49. The SMILES string of the molecule is O=C(CCn1cnnn1)Nn1nnc2ccccc21. The van der Waals surface area contributed by atoms with Crippen LogP contribution in [0.3, 0.4) is 0 Å². The van der Waals surface area contributed by atoms with Gasteiger partial charge >= 0.3 is 0 Å². The lowest BCUT2D eigenvalue weighted by Gasteiger charge is -2.04. The van der Waals surface area contributed by atoms with Crippen LogP contribution in [0.4, 0.5) is 0 Å². The molecule has 0 bridgehead atoms. The van der Waals surface area contributed by atoms with Crippen LogP contribution in [-0.4, -0.2) is 41.2 Å². The number of fused-ring (bicyclic) bond motifs is 1. The van der Waals surface area contributed by atoms with Crippen LogP contribution in [0.25, 0.3) is 11.0 Å². The first-order valence-electron chi connectivity index (χ1n) is 5.64. The first kappa shape index (κ1) is 11.3. The van der Waals surface area contributed by atoms with Crippen molar-refractivity contribution >= 4 is 16.9 Å². The van der Waals surface area contributed by atoms with Gasteiger partial charge in [-0.3, -0.25) is 4.79 Å². The highest BCUT2D eigenvalue weighted by Crippen LogP contribution is 2.07. The van der Waals surface area contributed by atoms with Crippen molar-refractivity contribution in [3.63, 3.8) is 0 Å². The van der Waals surface area contributed by atoms with Crippen molar-refractivity contribution in [2.24, 2.45) is 0 Å². The normalized spacial score (nSPS) is 10.7. The number of aryl methyl sites for hydroxylation is 1. The average Bonchev–Trinajstić information content (AvgIpc) is 3.07. The van der Waals surface area contributed by atoms with Crippen molar-refractivity contribution in [1.29, 1.82) is 0 Å². The van der Waals surface area contributed by atoms with Crippen LogP contribution in [0, 0.1) is 0 Å². The number of benzene rings is 1. The lowest BCUT2D eigenvalue weighted by molar-refractivity contribution is -0.117. The van der Waals surface area contributed by atoms with Crippen LogP contribution in [0.2, 0.25) is 0 Å². The molecule has 0 saturated heterocycles. The quantitative estimate of drug-likeness (QED) is 0.681. The molecule has 96 valence electrons. The average molecular weight is 258 g/mol. The summed E-state index contributed by atoms with van der Waals surface area (Å²) in [7, 11) is 0. The van der Waals surface area contributed by atoms with Gasteiger partial charge in [0.15, 0.2) is 0 Å². The summed E-state index contributed by atoms with van der Waals surface area (Å²) in [5.41, 5.74) is 4.12. The summed E-state index contributed by atoms with van der Waals surface area (Å²) in [6.45, 7) is 0.408. The molecular formula is C10H10N8O. The maximum Gasteiger partial charge on any atom is 0.241 e. The van der Waals surface area contributed by atoms with Crippen molar-refractivity contribution in [2.75, 3.05) is 5.43 Å².